The largest absolute Gasteiger partial charge is 0.353 e. The van der Waals surface area contributed by atoms with Crippen LogP contribution in [0.2, 0.25) is 0 Å². The summed E-state index contributed by atoms with van der Waals surface area (Å²) in [5, 5.41) is 3.29. The van der Waals surface area contributed by atoms with Crippen molar-refractivity contribution < 1.29 is 9.59 Å². The molecule has 170 valence electrons. The Labute approximate surface area is 199 Å². The van der Waals surface area contributed by atoms with Crippen LogP contribution < -0.4 is 5.32 Å². The fourth-order valence-electron chi connectivity index (χ4n) is 4.74. The molecule has 1 N–H and O–H groups in total. The van der Waals surface area contributed by atoms with Gasteiger partial charge in [0.25, 0.3) is 5.91 Å². The summed E-state index contributed by atoms with van der Waals surface area (Å²) in [4.78, 5) is 29.9. The number of hydrogen-bond donors (Lipinski definition) is 1. The Hall–Kier alpha value is -2.18. The van der Waals surface area contributed by atoms with Crippen molar-refractivity contribution >= 4 is 27.7 Å². The Bertz CT molecular complexity index is 930. The van der Waals surface area contributed by atoms with E-state index in [-0.39, 0.29) is 23.8 Å². The van der Waals surface area contributed by atoms with Crippen LogP contribution in [0.4, 0.5) is 0 Å². The van der Waals surface area contributed by atoms with Gasteiger partial charge in [0, 0.05) is 54.7 Å². The van der Waals surface area contributed by atoms with Gasteiger partial charge in [-0.3, -0.25) is 14.5 Å². The molecule has 2 heterocycles. The van der Waals surface area contributed by atoms with Crippen molar-refractivity contribution in [3.8, 4) is 0 Å². The first-order chi connectivity index (χ1) is 15.5. The molecule has 0 spiro atoms. The van der Waals surface area contributed by atoms with E-state index in [1.54, 1.807) is 0 Å². The number of carbonyl (C=O) groups excluding carboxylic acids is 2. The van der Waals surface area contributed by atoms with Crippen LogP contribution in [-0.2, 0) is 11.3 Å². The van der Waals surface area contributed by atoms with Gasteiger partial charge in [-0.25, -0.2) is 0 Å². The topological polar surface area (TPSA) is 52.7 Å². The third-order valence-electron chi connectivity index (χ3n) is 6.67. The molecule has 0 unspecified atom stereocenters. The summed E-state index contributed by atoms with van der Waals surface area (Å²) in [6, 6.07) is 16.4. The third kappa shape index (κ3) is 5.99. The Balaban J connectivity index is 1.19. The second kappa shape index (κ2) is 10.6. The van der Waals surface area contributed by atoms with Crippen LogP contribution in [0.5, 0.6) is 0 Å². The van der Waals surface area contributed by atoms with Crippen LogP contribution in [-0.4, -0.2) is 53.8 Å². The molecule has 2 aromatic rings. The molecule has 2 amide bonds. The van der Waals surface area contributed by atoms with Gasteiger partial charge >= 0.3 is 0 Å². The first-order valence-electron chi connectivity index (χ1n) is 11.6. The summed E-state index contributed by atoms with van der Waals surface area (Å²) in [5.41, 5.74) is 3.36. The molecule has 6 heteroatoms. The number of piperidine rings is 2. The Kier molecular flexibility index (Phi) is 7.63. The van der Waals surface area contributed by atoms with Gasteiger partial charge in [0.15, 0.2) is 0 Å². The van der Waals surface area contributed by atoms with E-state index in [1.165, 1.54) is 11.1 Å². The Morgan fingerprint density at radius 2 is 1.66 bits per heavy atom. The highest BCUT2D eigenvalue weighted by molar-refractivity contribution is 9.10. The van der Waals surface area contributed by atoms with E-state index in [9.17, 15) is 9.59 Å². The standard InChI is InChI=1S/C26H32BrN3O2/c1-19-3-2-4-20(17-19)18-29-13-11-24(12-14-29)28-25(31)21-9-15-30(16-10-21)26(32)22-5-7-23(27)8-6-22/h2-8,17,21,24H,9-16,18H2,1H3,(H,28,31). The minimum absolute atomic E-state index is 0.00860. The molecule has 4 rings (SSSR count). The van der Waals surface area contributed by atoms with Gasteiger partial charge in [0.1, 0.15) is 0 Å². The molecule has 0 radical (unpaired) electrons. The first kappa shape index (κ1) is 23.0. The van der Waals surface area contributed by atoms with Crippen molar-refractivity contribution in [1.82, 2.24) is 15.1 Å². The monoisotopic (exact) mass is 497 g/mol. The van der Waals surface area contributed by atoms with Crippen LogP contribution in [0.15, 0.2) is 53.0 Å². The van der Waals surface area contributed by atoms with Crippen molar-refractivity contribution in [2.24, 2.45) is 5.92 Å². The van der Waals surface area contributed by atoms with Crippen molar-refractivity contribution in [3.05, 3.63) is 69.7 Å². The lowest BCUT2D eigenvalue weighted by Gasteiger charge is -2.35. The maximum absolute atomic E-state index is 12.8. The van der Waals surface area contributed by atoms with E-state index >= 15 is 0 Å². The third-order valence-corrected chi connectivity index (χ3v) is 7.20. The average Bonchev–Trinajstić information content (AvgIpc) is 2.80. The molecule has 0 saturated carbocycles. The predicted molar refractivity (Wildman–Crippen MR) is 130 cm³/mol. The summed E-state index contributed by atoms with van der Waals surface area (Å²) in [5.74, 6) is 0.226. The van der Waals surface area contributed by atoms with E-state index in [4.69, 9.17) is 0 Å². The lowest BCUT2D eigenvalue weighted by Crippen LogP contribution is -2.48. The quantitative estimate of drug-likeness (QED) is 0.666. The van der Waals surface area contributed by atoms with E-state index in [1.807, 2.05) is 29.2 Å². The van der Waals surface area contributed by atoms with Crippen molar-refractivity contribution in [2.45, 2.75) is 45.2 Å². The lowest BCUT2D eigenvalue weighted by molar-refractivity contribution is -0.127. The van der Waals surface area contributed by atoms with Crippen LogP contribution in [0.1, 0.15) is 47.2 Å². The summed E-state index contributed by atoms with van der Waals surface area (Å²) < 4.78 is 0.963. The van der Waals surface area contributed by atoms with Gasteiger partial charge in [0.05, 0.1) is 0 Å². The molecule has 0 aromatic heterocycles. The maximum atomic E-state index is 12.8. The summed E-state index contributed by atoms with van der Waals surface area (Å²) in [6.07, 6.45) is 3.47. The zero-order chi connectivity index (χ0) is 22.5. The van der Waals surface area contributed by atoms with E-state index in [2.05, 4.69) is 57.3 Å². The minimum Gasteiger partial charge on any atom is -0.353 e. The predicted octanol–water partition coefficient (Wildman–Crippen LogP) is 4.39. The van der Waals surface area contributed by atoms with Gasteiger partial charge in [-0.2, -0.15) is 0 Å². The highest BCUT2D eigenvalue weighted by Crippen LogP contribution is 2.22. The highest BCUT2D eigenvalue weighted by Gasteiger charge is 2.29. The SMILES string of the molecule is Cc1cccc(CN2CCC(NC(=O)C3CCN(C(=O)c4ccc(Br)cc4)CC3)CC2)c1. The van der Waals surface area contributed by atoms with Gasteiger partial charge in [0.2, 0.25) is 5.91 Å². The van der Waals surface area contributed by atoms with Crippen molar-refractivity contribution in [2.75, 3.05) is 26.2 Å². The number of halogens is 1. The molecule has 5 nitrogen and oxygen atoms in total. The maximum Gasteiger partial charge on any atom is 0.253 e. The second-order valence-corrected chi connectivity index (χ2v) is 10.0. The number of nitrogens with zero attached hydrogens (tertiary/aromatic N) is 2. The van der Waals surface area contributed by atoms with Crippen LogP contribution in [0.3, 0.4) is 0 Å². The number of amides is 2. The molecule has 2 fully saturated rings. The fourth-order valence-corrected chi connectivity index (χ4v) is 5.01. The fraction of sp³-hybridized carbons (Fsp3) is 0.462. The highest BCUT2D eigenvalue weighted by atomic mass is 79.9. The van der Waals surface area contributed by atoms with Gasteiger partial charge in [-0.05, 0) is 62.4 Å². The van der Waals surface area contributed by atoms with Gasteiger partial charge in [-0.1, -0.05) is 45.8 Å². The summed E-state index contributed by atoms with van der Waals surface area (Å²) in [6.45, 7) is 6.42. The summed E-state index contributed by atoms with van der Waals surface area (Å²) >= 11 is 3.40. The van der Waals surface area contributed by atoms with Crippen molar-refractivity contribution in [3.63, 3.8) is 0 Å². The number of nitrogens with one attached hydrogen (secondary N) is 1. The average molecular weight is 498 g/mol. The second-order valence-electron chi connectivity index (χ2n) is 9.12. The smallest absolute Gasteiger partial charge is 0.253 e. The lowest BCUT2D eigenvalue weighted by atomic mass is 9.94. The molecule has 2 aliphatic heterocycles. The molecular weight excluding hydrogens is 466 g/mol. The number of benzene rings is 2. The normalized spacial score (nSPS) is 18.5. The van der Waals surface area contributed by atoms with Crippen LogP contribution in [0.25, 0.3) is 0 Å². The van der Waals surface area contributed by atoms with Crippen molar-refractivity contribution in [1.29, 1.82) is 0 Å². The number of carbonyl (C=O) groups is 2. The number of rotatable bonds is 5. The molecule has 32 heavy (non-hydrogen) atoms. The van der Waals surface area contributed by atoms with E-state index in [0.29, 0.717) is 18.7 Å². The Morgan fingerprint density at radius 3 is 2.31 bits per heavy atom. The minimum atomic E-state index is 0.00860. The Morgan fingerprint density at radius 1 is 0.969 bits per heavy atom. The number of hydrogen-bond acceptors (Lipinski definition) is 3. The van der Waals surface area contributed by atoms with E-state index < -0.39 is 0 Å². The first-order valence-corrected chi connectivity index (χ1v) is 12.4. The van der Waals surface area contributed by atoms with Crippen LogP contribution >= 0.6 is 15.9 Å². The van der Waals surface area contributed by atoms with Crippen LogP contribution in [0, 0.1) is 12.8 Å². The molecule has 0 atom stereocenters. The molecule has 2 aliphatic rings. The molecule has 2 saturated heterocycles. The molecule has 0 bridgehead atoms. The van der Waals surface area contributed by atoms with Gasteiger partial charge < -0.3 is 10.2 Å². The van der Waals surface area contributed by atoms with E-state index in [0.717, 1.165) is 49.8 Å². The molecular formula is C26H32BrN3O2. The molecule has 0 aliphatic carbocycles. The number of aryl methyl sites for hydroxylation is 1. The number of likely N-dealkylation sites (tertiary alicyclic amines) is 2. The van der Waals surface area contributed by atoms with Gasteiger partial charge in [-0.15, -0.1) is 0 Å². The summed E-state index contributed by atoms with van der Waals surface area (Å²) in [7, 11) is 0. The molecule has 2 aromatic carbocycles. The zero-order valence-corrected chi connectivity index (χ0v) is 20.3. The zero-order valence-electron chi connectivity index (χ0n) is 18.7.